The van der Waals surface area contributed by atoms with Gasteiger partial charge in [-0.3, -0.25) is 0 Å². The predicted octanol–water partition coefficient (Wildman–Crippen LogP) is 0.123. The molecule has 3 N–H and O–H groups in total. The first kappa shape index (κ1) is 9.88. The quantitative estimate of drug-likeness (QED) is 0.525. The van der Waals surface area contributed by atoms with Crippen molar-refractivity contribution in [1.82, 2.24) is 0 Å². The van der Waals surface area contributed by atoms with Gasteiger partial charge >= 0.3 is 0 Å². The number of aliphatic hydroxyl groups excluding tert-OH is 1. The highest BCUT2D eigenvalue weighted by Crippen LogP contribution is 1.97. The normalized spacial score (nSPS) is 13.5. The van der Waals surface area contributed by atoms with Crippen LogP contribution in [0.15, 0.2) is 0 Å². The Morgan fingerprint density at radius 2 is 2.20 bits per heavy atom. The molecule has 62 valence electrons. The van der Waals surface area contributed by atoms with E-state index in [1.54, 1.807) is 7.11 Å². The van der Waals surface area contributed by atoms with Crippen molar-refractivity contribution < 1.29 is 9.84 Å². The fourth-order valence-corrected chi connectivity index (χ4v) is 0.816. The number of hydrogen-bond acceptors (Lipinski definition) is 3. The smallest absolute Gasteiger partial charge is 0.0613 e. The standard InChI is InChI=1S/C7H17NO2/c1-10-6-7(8)4-2-3-5-9/h7,9H,2-6,8H2,1H3. The Morgan fingerprint density at radius 3 is 2.70 bits per heavy atom. The van der Waals surface area contributed by atoms with Crippen molar-refractivity contribution in [2.75, 3.05) is 20.3 Å². The Kier molecular flexibility index (Phi) is 6.91. The molecular weight excluding hydrogens is 130 g/mol. The molecule has 0 spiro atoms. The third-order valence-electron chi connectivity index (χ3n) is 1.36. The van der Waals surface area contributed by atoms with E-state index in [0.29, 0.717) is 6.61 Å². The van der Waals surface area contributed by atoms with Crippen molar-refractivity contribution in [3.8, 4) is 0 Å². The largest absolute Gasteiger partial charge is 0.396 e. The maximum atomic E-state index is 8.44. The summed E-state index contributed by atoms with van der Waals surface area (Å²) in [7, 11) is 1.64. The van der Waals surface area contributed by atoms with Crippen LogP contribution in [0.1, 0.15) is 19.3 Å². The summed E-state index contributed by atoms with van der Waals surface area (Å²) < 4.78 is 4.85. The summed E-state index contributed by atoms with van der Waals surface area (Å²) >= 11 is 0. The average molecular weight is 147 g/mol. The summed E-state index contributed by atoms with van der Waals surface area (Å²) in [4.78, 5) is 0. The van der Waals surface area contributed by atoms with Crippen LogP contribution in [0.3, 0.4) is 0 Å². The molecule has 0 saturated heterocycles. The van der Waals surface area contributed by atoms with E-state index < -0.39 is 0 Å². The molecule has 0 amide bonds. The molecule has 1 unspecified atom stereocenters. The van der Waals surface area contributed by atoms with E-state index >= 15 is 0 Å². The van der Waals surface area contributed by atoms with Crippen LogP contribution >= 0.6 is 0 Å². The molecule has 0 aliphatic carbocycles. The molecule has 3 heteroatoms. The molecule has 0 saturated carbocycles. The summed E-state index contributed by atoms with van der Waals surface area (Å²) in [5.41, 5.74) is 5.62. The SMILES string of the molecule is COCC(N)CCCCO. The lowest BCUT2D eigenvalue weighted by Crippen LogP contribution is -2.25. The number of hydrogen-bond donors (Lipinski definition) is 2. The van der Waals surface area contributed by atoms with Gasteiger partial charge in [-0.25, -0.2) is 0 Å². The average Bonchev–Trinajstić information content (AvgIpc) is 1.89. The first-order chi connectivity index (χ1) is 4.81. The fourth-order valence-electron chi connectivity index (χ4n) is 0.816. The van der Waals surface area contributed by atoms with Crippen molar-refractivity contribution in [2.24, 2.45) is 5.73 Å². The zero-order valence-electron chi connectivity index (χ0n) is 6.55. The first-order valence-electron chi connectivity index (χ1n) is 3.66. The minimum Gasteiger partial charge on any atom is -0.396 e. The summed E-state index contributed by atoms with van der Waals surface area (Å²) in [6, 6.07) is 0.136. The minimum absolute atomic E-state index is 0.136. The van der Waals surface area contributed by atoms with Gasteiger partial charge < -0.3 is 15.6 Å². The predicted molar refractivity (Wildman–Crippen MR) is 40.8 cm³/mol. The first-order valence-corrected chi connectivity index (χ1v) is 3.66. The second-order valence-electron chi connectivity index (χ2n) is 2.43. The fraction of sp³-hybridized carbons (Fsp3) is 1.00. The number of ether oxygens (including phenoxy) is 1. The zero-order valence-corrected chi connectivity index (χ0v) is 6.55. The second kappa shape index (κ2) is 6.99. The van der Waals surface area contributed by atoms with Gasteiger partial charge in [0.1, 0.15) is 0 Å². The van der Waals surface area contributed by atoms with Crippen LogP contribution in [0.5, 0.6) is 0 Å². The maximum absolute atomic E-state index is 8.44. The third-order valence-corrected chi connectivity index (χ3v) is 1.36. The lowest BCUT2D eigenvalue weighted by atomic mass is 10.1. The van der Waals surface area contributed by atoms with Gasteiger partial charge in [-0.1, -0.05) is 0 Å². The van der Waals surface area contributed by atoms with Crippen LogP contribution in [0.4, 0.5) is 0 Å². The molecule has 0 aromatic heterocycles. The van der Waals surface area contributed by atoms with Crippen molar-refractivity contribution in [1.29, 1.82) is 0 Å². The minimum atomic E-state index is 0.136. The van der Waals surface area contributed by atoms with E-state index in [4.69, 9.17) is 15.6 Å². The Balaban J connectivity index is 2.97. The third kappa shape index (κ3) is 6.01. The van der Waals surface area contributed by atoms with E-state index in [1.807, 2.05) is 0 Å². The highest BCUT2D eigenvalue weighted by Gasteiger charge is 1.99. The molecule has 0 aromatic rings. The van der Waals surface area contributed by atoms with Gasteiger partial charge in [0, 0.05) is 19.8 Å². The monoisotopic (exact) mass is 147 g/mol. The summed E-state index contributed by atoms with van der Waals surface area (Å²) in [5, 5.41) is 8.44. The molecule has 0 aliphatic heterocycles. The Bertz CT molecular complexity index is 68.6. The molecule has 0 aliphatic rings. The molecule has 1 atom stereocenters. The van der Waals surface area contributed by atoms with Crippen molar-refractivity contribution in [3.05, 3.63) is 0 Å². The van der Waals surface area contributed by atoms with E-state index in [0.717, 1.165) is 19.3 Å². The van der Waals surface area contributed by atoms with Gasteiger partial charge in [0.15, 0.2) is 0 Å². The van der Waals surface area contributed by atoms with Crippen LogP contribution in [0.25, 0.3) is 0 Å². The van der Waals surface area contributed by atoms with Gasteiger partial charge in [-0.05, 0) is 19.3 Å². The molecular formula is C7H17NO2. The summed E-state index contributed by atoms with van der Waals surface area (Å²) in [5.74, 6) is 0. The lowest BCUT2D eigenvalue weighted by molar-refractivity contribution is 0.174. The maximum Gasteiger partial charge on any atom is 0.0613 e. The zero-order chi connectivity index (χ0) is 7.82. The van der Waals surface area contributed by atoms with Gasteiger partial charge in [0.25, 0.3) is 0 Å². The van der Waals surface area contributed by atoms with Crippen LogP contribution in [0.2, 0.25) is 0 Å². The highest BCUT2D eigenvalue weighted by atomic mass is 16.5. The van der Waals surface area contributed by atoms with Crippen LogP contribution in [-0.2, 0) is 4.74 Å². The molecule has 0 heterocycles. The van der Waals surface area contributed by atoms with Gasteiger partial charge in [-0.2, -0.15) is 0 Å². The number of unbranched alkanes of at least 4 members (excludes halogenated alkanes) is 1. The number of nitrogens with two attached hydrogens (primary N) is 1. The molecule has 0 fully saturated rings. The lowest BCUT2D eigenvalue weighted by Gasteiger charge is -2.08. The van der Waals surface area contributed by atoms with Crippen molar-refractivity contribution >= 4 is 0 Å². The highest BCUT2D eigenvalue weighted by molar-refractivity contribution is 4.58. The van der Waals surface area contributed by atoms with Gasteiger partial charge in [-0.15, -0.1) is 0 Å². The Hall–Kier alpha value is -0.120. The molecule has 10 heavy (non-hydrogen) atoms. The van der Waals surface area contributed by atoms with Crippen LogP contribution in [0, 0.1) is 0 Å². The van der Waals surface area contributed by atoms with E-state index in [9.17, 15) is 0 Å². The van der Waals surface area contributed by atoms with Crippen molar-refractivity contribution in [3.63, 3.8) is 0 Å². The number of methoxy groups -OCH3 is 1. The topological polar surface area (TPSA) is 55.5 Å². The Morgan fingerprint density at radius 1 is 1.50 bits per heavy atom. The van der Waals surface area contributed by atoms with Crippen molar-refractivity contribution in [2.45, 2.75) is 25.3 Å². The second-order valence-corrected chi connectivity index (χ2v) is 2.43. The molecule has 0 aromatic carbocycles. The molecule has 0 bridgehead atoms. The van der Waals surface area contributed by atoms with E-state index in [-0.39, 0.29) is 12.6 Å². The van der Waals surface area contributed by atoms with Crippen LogP contribution in [-0.4, -0.2) is 31.5 Å². The van der Waals surface area contributed by atoms with E-state index in [1.165, 1.54) is 0 Å². The molecule has 3 nitrogen and oxygen atoms in total. The van der Waals surface area contributed by atoms with Crippen LogP contribution < -0.4 is 5.73 Å². The van der Waals surface area contributed by atoms with Gasteiger partial charge in [0.2, 0.25) is 0 Å². The Labute approximate surface area is 62.2 Å². The van der Waals surface area contributed by atoms with Gasteiger partial charge in [0.05, 0.1) is 6.61 Å². The summed E-state index contributed by atoms with van der Waals surface area (Å²) in [6.07, 6.45) is 2.77. The molecule has 0 rings (SSSR count). The van der Waals surface area contributed by atoms with E-state index in [2.05, 4.69) is 0 Å². The number of aliphatic hydroxyl groups is 1. The molecule has 0 radical (unpaired) electrons. The summed E-state index contributed by atoms with van der Waals surface area (Å²) in [6.45, 7) is 0.880. The number of rotatable bonds is 6.